The number of carboxylic acid groups (broad SMARTS) is 1. The largest absolute Gasteiger partial charge is 0.480 e. The fourth-order valence-electron chi connectivity index (χ4n) is 3.24. The van der Waals surface area contributed by atoms with Crippen LogP contribution in [0.1, 0.15) is 110 Å². The van der Waals surface area contributed by atoms with Crippen molar-refractivity contribution in [3.05, 3.63) is 0 Å². The van der Waals surface area contributed by atoms with Crippen molar-refractivity contribution >= 4 is 17.8 Å². The fourth-order valence-corrected chi connectivity index (χ4v) is 3.24. The normalized spacial score (nSPS) is 10.6. The molecule has 3 N–H and O–H groups in total. The first-order valence-corrected chi connectivity index (χ1v) is 11.3. The van der Waals surface area contributed by atoms with Crippen LogP contribution in [-0.4, -0.2) is 36.0 Å². The molecule has 0 bridgehead atoms. The molecule has 0 aliphatic heterocycles. The third kappa shape index (κ3) is 20.7. The van der Waals surface area contributed by atoms with Crippen LogP contribution in [0.3, 0.4) is 0 Å². The number of unbranched alkanes of at least 4 members (excludes halogenated alkanes) is 13. The van der Waals surface area contributed by atoms with Crippen molar-refractivity contribution in [2.24, 2.45) is 0 Å². The van der Waals surface area contributed by atoms with Crippen LogP contribution in [0.2, 0.25) is 0 Å². The van der Waals surface area contributed by atoms with Crippen LogP contribution in [0.4, 0.5) is 0 Å². The Bertz CT molecular complexity index is 413. The van der Waals surface area contributed by atoms with E-state index in [1.165, 1.54) is 64.2 Å². The molecule has 0 unspecified atom stereocenters. The molecular formula is C22H42N2O4. The van der Waals surface area contributed by atoms with Crippen molar-refractivity contribution in [3.63, 3.8) is 0 Å². The molecule has 0 aliphatic carbocycles. The third-order valence-electron chi connectivity index (χ3n) is 4.87. The molecule has 0 aromatic rings. The molecule has 0 atom stereocenters. The van der Waals surface area contributed by atoms with E-state index in [1.54, 1.807) is 0 Å². The Morgan fingerprint density at radius 1 is 0.571 bits per heavy atom. The van der Waals surface area contributed by atoms with Gasteiger partial charge in [0.2, 0.25) is 11.8 Å². The Labute approximate surface area is 171 Å². The van der Waals surface area contributed by atoms with Crippen LogP contribution < -0.4 is 10.6 Å². The first-order valence-electron chi connectivity index (χ1n) is 11.3. The summed E-state index contributed by atoms with van der Waals surface area (Å²) in [6.07, 6.45) is 17.9. The molecule has 0 saturated heterocycles. The lowest BCUT2D eigenvalue weighted by Gasteiger charge is -2.04. The van der Waals surface area contributed by atoms with Crippen LogP contribution in [0.15, 0.2) is 0 Å². The molecule has 28 heavy (non-hydrogen) atoms. The van der Waals surface area contributed by atoms with Crippen molar-refractivity contribution in [1.82, 2.24) is 10.6 Å². The maximum atomic E-state index is 11.3. The van der Waals surface area contributed by atoms with Crippen molar-refractivity contribution in [2.45, 2.75) is 110 Å². The van der Waals surface area contributed by atoms with Crippen molar-refractivity contribution in [2.75, 3.05) is 13.1 Å². The Morgan fingerprint density at radius 3 is 1.21 bits per heavy atom. The van der Waals surface area contributed by atoms with Crippen LogP contribution in [-0.2, 0) is 14.4 Å². The quantitative estimate of drug-likeness (QED) is 0.262. The molecule has 0 saturated carbocycles. The van der Waals surface area contributed by atoms with Gasteiger partial charge in [-0.25, -0.2) is 0 Å². The molecule has 0 rings (SSSR count). The number of nitrogens with one attached hydrogen (secondary N) is 2. The molecular weight excluding hydrogens is 356 g/mol. The highest BCUT2D eigenvalue weighted by Crippen LogP contribution is 2.13. The smallest absolute Gasteiger partial charge is 0.322 e. The Morgan fingerprint density at radius 2 is 0.893 bits per heavy atom. The first-order chi connectivity index (χ1) is 13.6. The van der Waals surface area contributed by atoms with E-state index in [2.05, 4.69) is 10.6 Å². The van der Waals surface area contributed by atoms with E-state index in [9.17, 15) is 14.4 Å². The minimum atomic E-state index is -0.999. The summed E-state index contributed by atoms with van der Waals surface area (Å²) in [6, 6.07) is 0. The SMILES string of the molecule is CCNC(=O)CCCCCCCCCCCCCCCCC(=O)NCC(=O)O. The summed E-state index contributed by atoms with van der Waals surface area (Å²) in [6.45, 7) is 2.40. The summed E-state index contributed by atoms with van der Waals surface area (Å²) in [5.41, 5.74) is 0. The highest BCUT2D eigenvalue weighted by molar-refractivity contribution is 5.80. The number of carbonyl (C=O) groups is 3. The molecule has 0 spiro atoms. The van der Waals surface area contributed by atoms with Gasteiger partial charge in [-0.1, -0.05) is 77.0 Å². The van der Waals surface area contributed by atoms with Gasteiger partial charge in [-0.15, -0.1) is 0 Å². The van der Waals surface area contributed by atoms with Gasteiger partial charge in [0.05, 0.1) is 0 Å². The van der Waals surface area contributed by atoms with Crippen molar-refractivity contribution < 1.29 is 19.5 Å². The van der Waals surface area contributed by atoms with E-state index in [4.69, 9.17) is 5.11 Å². The van der Waals surface area contributed by atoms with E-state index >= 15 is 0 Å². The van der Waals surface area contributed by atoms with E-state index in [1.807, 2.05) is 6.92 Å². The molecule has 2 amide bonds. The van der Waals surface area contributed by atoms with Gasteiger partial charge in [-0.2, -0.15) is 0 Å². The lowest BCUT2D eigenvalue weighted by molar-refractivity contribution is -0.138. The number of aliphatic carboxylic acids is 1. The second kappa shape index (κ2) is 20.2. The number of carboxylic acids is 1. The molecule has 0 aliphatic rings. The summed E-state index contributed by atoms with van der Waals surface area (Å²) in [5.74, 6) is -0.977. The number of hydrogen-bond donors (Lipinski definition) is 3. The maximum absolute atomic E-state index is 11.3. The van der Waals surface area contributed by atoms with Crippen LogP contribution in [0.25, 0.3) is 0 Å². The summed E-state index contributed by atoms with van der Waals surface area (Å²) in [4.78, 5) is 33.0. The molecule has 0 fully saturated rings. The predicted molar refractivity (Wildman–Crippen MR) is 113 cm³/mol. The first kappa shape index (κ1) is 26.4. The minimum absolute atomic E-state index is 0.163. The number of carbonyl (C=O) groups excluding carboxylic acids is 2. The summed E-state index contributed by atoms with van der Waals surface area (Å²) < 4.78 is 0. The molecule has 0 aromatic heterocycles. The highest BCUT2D eigenvalue weighted by Gasteiger charge is 2.03. The topological polar surface area (TPSA) is 95.5 Å². The number of rotatable bonds is 20. The number of amides is 2. The van der Waals surface area contributed by atoms with Gasteiger partial charge in [0.1, 0.15) is 6.54 Å². The van der Waals surface area contributed by atoms with Crippen molar-refractivity contribution in [1.29, 1.82) is 0 Å². The zero-order valence-corrected chi connectivity index (χ0v) is 17.9. The average molecular weight is 399 g/mol. The third-order valence-corrected chi connectivity index (χ3v) is 4.87. The predicted octanol–water partition coefficient (Wildman–Crippen LogP) is 4.56. The number of hydrogen-bond acceptors (Lipinski definition) is 3. The maximum Gasteiger partial charge on any atom is 0.322 e. The van der Waals surface area contributed by atoms with E-state index in [0.29, 0.717) is 12.8 Å². The van der Waals surface area contributed by atoms with Crippen LogP contribution in [0.5, 0.6) is 0 Å². The molecule has 6 nitrogen and oxygen atoms in total. The Balaban J connectivity index is 3.15. The molecule has 164 valence electrons. The second-order valence-corrected chi connectivity index (χ2v) is 7.57. The fraction of sp³-hybridized carbons (Fsp3) is 0.864. The molecule has 0 aromatic carbocycles. The van der Waals surface area contributed by atoms with Gasteiger partial charge in [0.25, 0.3) is 0 Å². The summed E-state index contributed by atoms with van der Waals surface area (Å²) in [5, 5.41) is 13.7. The monoisotopic (exact) mass is 398 g/mol. The zero-order valence-electron chi connectivity index (χ0n) is 17.9. The van der Waals surface area contributed by atoms with E-state index < -0.39 is 5.97 Å². The molecule has 0 radical (unpaired) electrons. The summed E-state index contributed by atoms with van der Waals surface area (Å²) >= 11 is 0. The molecule has 0 heterocycles. The standard InChI is InChI=1S/C22H42N2O4/c1-2-23-20(25)17-15-13-11-9-7-5-3-4-6-8-10-12-14-16-18-21(26)24-19-22(27)28/h2-19H2,1H3,(H,23,25)(H,24,26)(H,27,28). The van der Waals surface area contributed by atoms with Crippen LogP contribution in [0, 0.1) is 0 Å². The Hall–Kier alpha value is -1.59. The second-order valence-electron chi connectivity index (χ2n) is 7.57. The average Bonchev–Trinajstić information content (AvgIpc) is 2.66. The Kier molecular flexibility index (Phi) is 19.0. The lowest BCUT2D eigenvalue weighted by atomic mass is 10.0. The summed E-state index contributed by atoms with van der Waals surface area (Å²) in [7, 11) is 0. The zero-order chi connectivity index (χ0) is 20.9. The van der Waals surface area contributed by atoms with Gasteiger partial charge >= 0.3 is 5.97 Å². The minimum Gasteiger partial charge on any atom is -0.480 e. The van der Waals surface area contributed by atoms with Gasteiger partial charge in [0, 0.05) is 19.4 Å². The van der Waals surface area contributed by atoms with E-state index in [0.717, 1.165) is 32.2 Å². The van der Waals surface area contributed by atoms with Gasteiger partial charge in [0.15, 0.2) is 0 Å². The lowest BCUT2D eigenvalue weighted by Crippen LogP contribution is -2.28. The van der Waals surface area contributed by atoms with Crippen molar-refractivity contribution in [3.8, 4) is 0 Å². The highest BCUT2D eigenvalue weighted by atomic mass is 16.4. The van der Waals surface area contributed by atoms with Gasteiger partial charge in [-0.05, 0) is 19.8 Å². The van der Waals surface area contributed by atoms with Gasteiger partial charge < -0.3 is 15.7 Å². The van der Waals surface area contributed by atoms with Crippen LogP contribution >= 0.6 is 0 Å². The van der Waals surface area contributed by atoms with Gasteiger partial charge in [-0.3, -0.25) is 14.4 Å². The molecule has 6 heteroatoms. The van der Waals surface area contributed by atoms with E-state index in [-0.39, 0.29) is 18.4 Å².